The molecule has 1 atom stereocenters. The largest absolute Gasteiger partial charge is 0.447 e. The minimum Gasteiger partial charge on any atom is -0.447 e. The van der Waals surface area contributed by atoms with Gasteiger partial charge in [-0.05, 0) is 11.6 Å². The Labute approximate surface area is 156 Å². The van der Waals surface area contributed by atoms with Crippen LogP contribution in [-0.2, 0) is 11.2 Å². The summed E-state index contributed by atoms with van der Waals surface area (Å²) in [4.78, 5) is 32.6. The third kappa shape index (κ3) is 3.01. The number of fused-ring (bicyclic) bond motifs is 1. The molecule has 2 fully saturated rings. The number of amides is 2. The molecule has 3 heterocycles. The smallest absolute Gasteiger partial charge is 0.410 e. The molecular weight excluding hydrogens is 354 g/mol. The molecule has 0 spiro atoms. The Morgan fingerprint density at radius 3 is 2.81 bits per heavy atom. The van der Waals surface area contributed by atoms with Crippen LogP contribution in [0.5, 0.6) is 0 Å². The molecular formula is C19H18ClN3O3. The van der Waals surface area contributed by atoms with E-state index in [1.165, 1.54) is 12.4 Å². The highest BCUT2D eigenvalue weighted by molar-refractivity contribution is 6.30. The Bertz CT molecular complexity index is 845. The SMILES string of the molecule is O=C(c1cncc(Cl)c1)N1CCN2C(=O)OCC2(Cc2ccccc2)C1. The molecule has 1 unspecified atom stereocenters. The maximum Gasteiger partial charge on any atom is 0.410 e. The first-order valence-corrected chi connectivity index (χ1v) is 8.83. The van der Waals surface area contributed by atoms with Crippen molar-refractivity contribution in [3.63, 3.8) is 0 Å². The van der Waals surface area contributed by atoms with E-state index in [4.69, 9.17) is 16.3 Å². The predicted octanol–water partition coefficient (Wildman–Crippen LogP) is 2.62. The molecule has 6 nitrogen and oxygen atoms in total. The van der Waals surface area contributed by atoms with E-state index in [1.54, 1.807) is 15.9 Å². The van der Waals surface area contributed by atoms with Crippen molar-refractivity contribution >= 4 is 23.6 Å². The number of hydrogen-bond acceptors (Lipinski definition) is 4. The normalized spacial score (nSPS) is 22.1. The van der Waals surface area contributed by atoms with Gasteiger partial charge in [0, 0.05) is 38.4 Å². The third-order valence-corrected chi connectivity index (χ3v) is 5.16. The van der Waals surface area contributed by atoms with Crippen molar-refractivity contribution in [1.29, 1.82) is 0 Å². The quantitative estimate of drug-likeness (QED) is 0.832. The molecule has 26 heavy (non-hydrogen) atoms. The van der Waals surface area contributed by atoms with Crippen molar-refractivity contribution < 1.29 is 14.3 Å². The lowest BCUT2D eigenvalue weighted by atomic mass is 9.88. The number of ether oxygens (including phenoxy) is 1. The van der Waals surface area contributed by atoms with Gasteiger partial charge in [0.1, 0.15) is 12.1 Å². The van der Waals surface area contributed by atoms with Crippen LogP contribution in [0.15, 0.2) is 48.8 Å². The Morgan fingerprint density at radius 1 is 1.23 bits per heavy atom. The van der Waals surface area contributed by atoms with E-state index in [1.807, 2.05) is 30.3 Å². The number of pyridine rings is 1. The fourth-order valence-corrected chi connectivity index (χ4v) is 3.90. The minimum absolute atomic E-state index is 0.133. The summed E-state index contributed by atoms with van der Waals surface area (Å²) in [6.45, 7) is 1.60. The second-order valence-electron chi connectivity index (χ2n) is 6.71. The molecule has 4 rings (SSSR count). The average molecular weight is 372 g/mol. The van der Waals surface area contributed by atoms with Gasteiger partial charge in [-0.2, -0.15) is 0 Å². The number of piperazine rings is 1. The molecule has 7 heteroatoms. The van der Waals surface area contributed by atoms with E-state index in [-0.39, 0.29) is 18.6 Å². The van der Waals surface area contributed by atoms with Crippen molar-refractivity contribution in [2.75, 3.05) is 26.2 Å². The summed E-state index contributed by atoms with van der Waals surface area (Å²) in [6.07, 6.45) is 3.34. The van der Waals surface area contributed by atoms with Gasteiger partial charge in [0.05, 0.1) is 10.6 Å². The van der Waals surface area contributed by atoms with Gasteiger partial charge in [0.15, 0.2) is 0 Å². The monoisotopic (exact) mass is 371 g/mol. The van der Waals surface area contributed by atoms with Crippen LogP contribution in [0.4, 0.5) is 4.79 Å². The van der Waals surface area contributed by atoms with Crippen LogP contribution in [0.1, 0.15) is 15.9 Å². The van der Waals surface area contributed by atoms with Crippen LogP contribution < -0.4 is 0 Å². The van der Waals surface area contributed by atoms with Gasteiger partial charge in [-0.3, -0.25) is 14.7 Å². The molecule has 0 aliphatic carbocycles. The molecule has 1 aromatic carbocycles. The fraction of sp³-hybridized carbons (Fsp3) is 0.316. The summed E-state index contributed by atoms with van der Waals surface area (Å²) < 4.78 is 5.34. The summed E-state index contributed by atoms with van der Waals surface area (Å²) in [5.74, 6) is -0.133. The molecule has 2 aliphatic rings. The molecule has 134 valence electrons. The second kappa shape index (κ2) is 6.61. The van der Waals surface area contributed by atoms with Crippen LogP contribution >= 0.6 is 11.6 Å². The van der Waals surface area contributed by atoms with Crippen molar-refractivity contribution in [2.45, 2.75) is 12.0 Å². The molecule has 2 amide bonds. The fourth-order valence-electron chi connectivity index (χ4n) is 3.72. The van der Waals surface area contributed by atoms with Crippen LogP contribution in [0, 0.1) is 0 Å². The van der Waals surface area contributed by atoms with E-state index >= 15 is 0 Å². The number of nitrogens with zero attached hydrogens (tertiary/aromatic N) is 3. The summed E-state index contributed by atoms with van der Waals surface area (Å²) in [7, 11) is 0. The molecule has 0 bridgehead atoms. The van der Waals surface area contributed by atoms with Crippen molar-refractivity contribution in [1.82, 2.24) is 14.8 Å². The second-order valence-corrected chi connectivity index (χ2v) is 7.15. The molecule has 2 saturated heterocycles. The van der Waals surface area contributed by atoms with Crippen molar-refractivity contribution in [2.24, 2.45) is 0 Å². The number of halogens is 1. The number of benzene rings is 1. The number of cyclic esters (lactones) is 1. The number of carbonyl (C=O) groups is 2. The third-order valence-electron chi connectivity index (χ3n) is 4.95. The van der Waals surface area contributed by atoms with E-state index in [0.29, 0.717) is 36.6 Å². The maximum absolute atomic E-state index is 12.9. The van der Waals surface area contributed by atoms with Gasteiger partial charge in [0.25, 0.3) is 5.91 Å². The lowest BCUT2D eigenvalue weighted by Gasteiger charge is -2.44. The van der Waals surface area contributed by atoms with Gasteiger partial charge in [0.2, 0.25) is 0 Å². The summed E-state index contributed by atoms with van der Waals surface area (Å²) in [5.41, 5.74) is 1.01. The van der Waals surface area contributed by atoms with E-state index in [2.05, 4.69) is 4.98 Å². The van der Waals surface area contributed by atoms with Crippen LogP contribution in [0.2, 0.25) is 5.02 Å². The zero-order valence-electron chi connectivity index (χ0n) is 14.1. The highest BCUT2D eigenvalue weighted by Gasteiger charge is 2.51. The topological polar surface area (TPSA) is 62.7 Å². The van der Waals surface area contributed by atoms with Crippen LogP contribution in [0.3, 0.4) is 0 Å². The number of hydrogen-bond donors (Lipinski definition) is 0. The number of rotatable bonds is 3. The molecule has 0 N–H and O–H groups in total. The van der Waals surface area contributed by atoms with E-state index in [9.17, 15) is 9.59 Å². The summed E-state index contributed by atoms with van der Waals surface area (Å²) in [6, 6.07) is 11.6. The average Bonchev–Trinajstić information content (AvgIpc) is 2.98. The van der Waals surface area contributed by atoms with Gasteiger partial charge < -0.3 is 9.64 Å². The molecule has 0 saturated carbocycles. The number of aromatic nitrogens is 1. The zero-order chi connectivity index (χ0) is 18.1. The maximum atomic E-state index is 12.9. The molecule has 2 aromatic rings. The van der Waals surface area contributed by atoms with Gasteiger partial charge in [-0.1, -0.05) is 41.9 Å². The van der Waals surface area contributed by atoms with E-state index in [0.717, 1.165) is 5.56 Å². The van der Waals surface area contributed by atoms with Crippen LogP contribution in [0.25, 0.3) is 0 Å². The molecule has 0 radical (unpaired) electrons. The highest BCUT2D eigenvalue weighted by atomic mass is 35.5. The van der Waals surface area contributed by atoms with Crippen molar-refractivity contribution in [3.05, 3.63) is 64.9 Å². The Balaban J connectivity index is 1.61. The van der Waals surface area contributed by atoms with E-state index < -0.39 is 5.54 Å². The Hall–Kier alpha value is -2.60. The first kappa shape index (κ1) is 16.8. The first-order valence-electron chi connectivity index (χ1n) is 8.46. The zero-order valence-corrected chi connectivity index (χ0v) is 14.9. The lowest BCUT2D eigenvalue weighted by molar-refractivity contribution is 0.0375. The highest BCUT2D eigenvalue weighted by Crippen LogP contribution is 2.33. The van der Waals surface area contributed by atoms with Gasteiger partial charge in [-0.25, -0.2) is 4.79 Å². The predicted molar refractivity (Wildman–Crippen MR) is 96.1 cm³/mol. The first-order chi connectivity index (χ1) is 12.6. The molecule has 1 aromatic heterocycles. The lowest BCUT2D eigenvalue weighted by Crippen LogP contribution is -2.63. The van der Waals surface area contributed by atoms with Crippen molar-refractivity contribution in [3.8, 4) is 0 Å². The Morgan fingerprint density at radius 2 is 2.04 bits per heavy atom. The minimum atomic E-state index is -0.543. The molecule has 2 aliphatic heterocycles. The van der Waals surface area contributed by atoms with Gasteiger partial charge in [-0.15, -0.1) is 0 Å². The van der Waals surface area contributed by atoms with Gasteiger partial charge >= 0.3 is 6.09 Å². The van der Waals surface area contributed by atoms with Crippen LogP contribution in [-0.4, -0.2) is 58.6 Å². The summed E-state index contributed by atoms with van der Waals surface area (Å²) in [5, 5.41) is 0.424. The summed E-state index contributed by atoms with van der Waals surface area (Å²) >= 11 is 5.96. The standard InChI is InChI=1S/C19H18ClN3O3/c20-16-8-15(10-21-11-16)17(24)22-6-7-23-18(25)26-13-19(23,12-22)9-14-4-2-1-3-5-14/h1-5,8,10-11H,6-7,9,12-13H2. The number of carbonyl (C=O) groups excluding carboxylic acids is 2. The Kier molecular flexibility index (Phi) is 4.28.